The summed E-state index contributed by atoms with van der Waals surface area (Å²) in [6.07, 6.45) is 0.670. The molecule has 23 heavy (non-hydrogen) atoms. The summed E-state index contributed by atoms with van der Waals surface area (Å²) in [5.74, 6) is 0. The van der Waals surface area contributed by atoms with Crippen LogP contribution in [-0.2, 0) is 10.0 Å². The lowest BCUT2D eigenvalue weighted by molar-refractivity contribution is -0.387. The van der Waals surface area contributed by atoms with Crippen LogP contribution in [-0.4, -0.2) is 69.5 Å². The van der Waals surface area contributed by atoms with Crippen molar-refractivity contribution in [1.29, 1.82) is 0 Å². The van der Waals surface area contributed by atoms with Crippen LogP contribution in [0.25, 0.3) is 0 Å². The van der Waals surface area contributed by atoms with Crippen molar-refractivity contribution < 1.29 is 13.3 Å². The van der Waals surface area contributed by atoms with Crippen molar-refractivity contribution in [2.75, 3.05) is 46.3 Å². The Hall–Kier alpha value is -1.55. The molecular weight excluding hydrogens is 320 g/mol. The Morgan fingerprint density at radius 1 is 1.22 bits per heavy atom. The number of benzene rings is 1. The van der Waals surface area contributed by atoms with E-state index in [-0.39, 0.29) is 11.4 Å². The quantitative estimate of drug-likeness (QED) is 0.441. The van der Waals surface area contributed by atoms with Gasteiger partial charge in [-0.25, -0.2) is 13.1 Å². The van der Waals surface area contributed by atoms with Gasteiger partial charge in [-0.2, -0.15) is 0 Å². The van der Waals surface area contributed by atoms with E-state index in [0.717, 1.165) is 32.7 Å². The summed E-state index contributed by atoms with van der Waals surface area (Å²) in [5.41, 5.74) is -0.404. The number of hydrogen-bond acceptors (Lipinski definition) is 6. The Morgan fingerprint density at radius 2 is 1.87 bits per heavy atom. The minimum absolute atomic E-state index is 0.265. The zero-order valence-corrected chi connectivity index (χ0v) is 14.0. The van der Waals surface area contributed by atoms with E-state index >= 15 is 0 Å². The van der Waals surface area contributed by atoms with Crippen LogP contribution < -0.4 is 4.72 Å². The molecule has 1 aromatic rings. The third-order valence-electron chi connectivity index (χ3n) is 3.89. The summed E-state index contributed by atoms with van der Waals surface area (Å²) in [6, 6.07) is 5.37. The number of nitro benzene ring substituents is 1. The second-order valence-electron chi connectivity index (χ2n) is 5.62. The fourth-order valence-electron chi connectivity index (χ4n) is 2.49. The Labute approximate surface area is 136 Å². The number of piperazine rings is 1. The summed E-state index contributed by atoms with van der Waals surface area (Å²) in [6.45, 7) is 5.07. The first-order valence-electron chi connectivity index (χ1n) is 7.54. The molecule has 8 nitrogen and oxygen atoms in total. The van der Waals surface area contributed by atoms with E-state index in [9.17, 15) is 18.5 Å². The normalized spacial score (nSPS) is 17.3. The van der Waals surface area contributed by atoms with Crippen LogP contribution in [0.4, 0.5) is 5.69 Å². The third kappa shape index (κ3) is 4.96. The van der Waals surface area contributed by atoms with Crippen molar-refractivity contribution in [3.8, 4) is 0 Å². The summed E-state index contributed by atoms with van der Waals surface area (Å²) >= 11 is 0. The van der Waals surface area contributed by atoms with Crippen LogP contribution in [0.5, 0.6) is 0 Å². The number of sulfonamides is 1. The molecule has 0 bridgehead atoms. The van der Waals surface area contributed by atoms with Crippen LogP contribution in [0.3, 0.4) is 0 Å². The third-order valence-corrected chi connectivity index (χ3v) is 5.40. The number of nitrogens with one attached hydrogen (secondary N) is 1. The molecule has 0 unspecified atom stereocenters. The van der Waals surface area contributed by atoms with Gasteiger partial charge in [-0.15, -0.1) is 0 Å². The first kappa shape index (κ1) is 17.8. The minimum atomic E-state index is -3.87. The monoisotopic (exact) mass is 342 g/mol. The van der Waals surface area contributed by atoms with E-state index in [1.807, 2.05) is 0 Å². The average Bonchev–Trinajstić information content (AvgIpc) is 2.53. The van der Waals surface area contributed by atoms with Gasteiger partial charge in [0, 0.05) is 38.8 Å². The first-order chi connectivity index (χ1) is 10.9. The van der Waals surface area contributed by atoms with Crippen LogP contribution >= 0.6 is 0 Å². The number of rotatable bonds is 7. The molecule has 0 spiro atoms. The molecule has 0 aromatic heterocycles. The van der Waals surface area contributed by atoms with Crippen molar-refractivity contribution in [3.05, 3.63) is 34.4 Å². The standard InChI is InChI=1S/C14H22N4O4S/c1-16-9-11-17(12-10-16)8-4-7-15-23(21,22)14-6-3-2-5-13(14)18(19)20/h2-3,5-6,15H,4,7-12H2,1H3. The van der Waals surface area contributed by atoms with E-state index in [1.165, 1.54) is 24.3 Å². The highest BCUT2D eigenvalue weighted by Crippen LogP contribution is 2.22. The molecule has 2 rings (SSSR count). The molecular formula is C14H22N4O4S. The Kier molecular flexibility index (Phi) is 6.05. The second kappa shape index (κ2) is 7.82. The van der Waals surface area contributed by atoms with Gasteiger partial charge in [0.25, 0.3) is 5.69 Å². The lowest BCUT2D eigenvalue weighted by Gasteiger charge is -2.32. The molecule has 1 fully saturated rings. The van der Waals surface area contributed by atoms with Gasteiger partial charge < -0.3 is 9.80 Å². The lowest BCUT2D eigenvalue weighted by atomic mass is 10.3. The molecule has 0 saturated carbocycles. The maximum atomic E-state index is 12.2. The van der Waals surface area contributed by atoms with Gasteiger partial charge in [0.15, 0.2) is 4.90 Å². The number of nitrogens with zero attached hydrogens (tertiary/aromatic N) is 3. The van der Waals surface area contributed by atoms with Crippen molar-refractivity contribution in [2.45, 2.75) is 11.3 Å². The first-order valence-corrected chi connectivity index (χ1v) is 9.02. The molecule has 9 heteroatoms. The van der Waals surface area contributed by atoms with E-state index < -0.39 is 20.6 Å². The van der Waals surface area contributed by atoms with Gasteiger partial charge in [-0.3, -0.25) is 10.1 Å². The Balaban J connectivity index is 1.86. The predicted molar refractivity (Wildman–Crippen MR) is 86.8 cm³/mol. The Bertz CT molecular complexity index is 642. The maximum absolute atomic E-state index is 12.2. The molecule has 1 saturated heterocycles. The second-order valence-corrected chi connectivity index (χ2v) is 7.36. The molecule has 128 valence electrons. The largest absolute Gasteiger partial charge is 0.304 e. The van der Waals surface area contributed by atoms with Gasteiger partial charge in [0.2, 0.25) is 10.0 Å². The van der Waals surface area contributed by atoms with Crippen molar-refractivity contribution in [1.82, 2.24) is 14.5 Å². The predicted octanol–water partition coefficient (Wildman–Crippen LogP) is 0.511. The number of likely N-dealkylation sites (N-methyl/N-ethyl adjacent to an activating group) is 1. The molecule has 1 aliphatic heterocycles. The molecule has 1 N–H and O–H groups in total. The van der Waals surface area contributed by atoms with Crippen molar-refractivity contribution in [2.24, 2.45) is 0 Å². The Morgan fingerprint density at radius 3 is 2.52 bits per heavy atom. The highest BCUT2D eigenvalue weighted by molar-refractivity contribution is 7.89. The summed E-state index contributed by atoms with van der Waals surface area (Å²) in [4.78, 5) is 14.5. The zero-order chi connectivity index (χ0) is 16.9. The van der Waals surface area contributed by atoms with Gasteiger partial charge in [-0.1, -0.05) is 12.1 Å². The zero-order valence-electron chi connectivity index (χ0n) is 13.1. The van der Waals surface area contributed by atoms with E-state index in [4.69, 9.17) is 0 Å². The fourth-order valence-corrected chi connectivity index (χ4v) is 3.74. The van der Waals surface area contributed by atoms with Crippen LogP contribution in [0.15, 0.2) is 29.2 Å². The minimum Gasteiger partial charge on any atom is -0.304 e. The van der Waals surface area contributed by atoms with Gasteiger partial charge in [0.05, 0.1) is 4.92 Å². The van der Waals surface area contributed by atoms with Crippen molar-refractivity contribution >= 4 is 15.7 Å². The molecule has 0 atom stereocenters. The topological polar surface area (TPSA) is 95.8 Å². The van der Waals surface area contributed by atoms with Crippen LogP contribution in [0.1, 0.15) is 6.42 Å². The van der Waals surface area contributed by atoms with E-state index in [1.54, 1.807) is 0 Å². The average molecular weight is 342 g/mol. The molecule has 1 aromatic carbocycles. The summed E-state index contributed by atoms with van der Waals surface area (Å²) in [5, 5.41) is 10.9. The van der Waals surface area contributed by atoms with Gasteiger partial charge >= 0.3 is 0 Å². The molecule has 0 radical (unpaired) electrons. The van der Waals surface area contributed by atoms with Crippen LogP contribution in [0, 0.1) is 10.1 Å². The molecule has 1 heterocycles. The lowest BCUT2D eigenvalue weighted by Crippen LogP contribution is -2.45. The van der Waals surface area contributed by atoms with E-state index in [2.05, 4.69) is 21.6 Å². The number of para-hydroxylation sites is 1. The molecule has 1 aliphatic rings. The molecule has 0 amide bonds. The maximum Gasteiger partial charge on any atom is 0.289 e. The van der Waals surface area contributed by atoms with E-state index in [0.29, 0.717) is 6.42 Å². The number of hydrogen-bond donors (Lipinski definition) is 1. The van der Waals surface area contributed by atoms with Gasteiger partial charge in [-0.05, 0) is 26.1 Å². The fraction of sp³-hybridized carbons (Fsp3) is 0.571. The van der Waals surface area contributed by atoms with Crippen LogP contribution in [0.2, 0.25) is 0 Å². The van der Waals surface area contributed by atoms with Gasteiger partial charge in [0.1, 0.15) is 0 Å². The molecule has 0 aliphatic carbocycles. The highest BCUT2D eigenvalue weighted by Gasteiger charge is 2.24. The highest BCUT2D eigenvalue weighted by atomic mass is 32.2. The summed E-state index contributed by atoms with van der Waals surface area (Å²) in [7, 11) is -1.78. The SMILES string of the molecule is CN1CCN(CCCNS(=O)(=O)c2ccccc2[N+](=O)[O-])CC1. The summed E-state index contributed by atoms with van der Waals surface area (Å²) < 4.78 is 26.9. The van der Waals surface area contributed by atoms with Crippen molar-refractivity contribution in [3.63, 3.8) is 0 Å². The smallest absolute Gasteiger partial charge is 0.289 e. The number of nitro groups is 1.